The molecule has 2 aliphatic rings. The van der Waals surface area contributed by atoms with E-state index in [0.29, 0.717) is 29.8 Å². The number of amides is 1. The fraction of sp³-hybridized carbons (Fsp3) is 0.194. The van der Waals surface area contributed by atoms with Crippen molar-refractivity contribution in [2.24, 2.45) is 5.73 Å². The Labute approximate surface area is 214 Å². The molecule has 0 saturated heterocycles. The molecule has 0 radical (unpaired) electrons. The van der Waals surface area contributed by atoms with E-state index in [0.717, 1.165) is 50.6 Å². The highest BCUT2D eigenvalue weighted by molar-refractivity contribution is 5.94. The summed E-state index contributed by atoms with van der Waals surface area (Å²) >= 11 is 0. The highest BCUT2D eigenvalue weighted by Gasteiger charge is 2.43. The van der Waals surface area contributed by atoms with E-state index >= 15 is 0 Å². The average Bonchev–Trinajstić information content (AvgIpc) is 3.44. The Morgan fingerprint density at radius 1 is 0.865 bits per heavy atom. The number of hydrogen-bond donors (Lipinski definition) is 2. The summed E-state index contributed by atoms with van der Waals surface area (Å²) in [6.45, 7) is 4.97. The van der Waals surface area contributed by atoms with Crippen molar-refractivity contribution >= 4 is 5.91 Å². The van der Waals surface area contributed by atoms with Crippen LogP contribution in [0.1, 0.15) is 67.1 Å². The van der Waals surface area contributed by atoms with Crippen LogP contribution in [0.15, 0.2) is 66.7 Å². The van der Waals surface area contributed by atoms with Crippen LogP contribution < -0.4 is 11.1 Å². The van der Waals surface area contributed by atoms with Crippen LogP contribution in [-0.2, 0) is 17.8 Å². The first-order valence-corrected chi connectivity index (χ1v) is 12.3. The summed E-state index contributed by atoms with van der Waals surface area (Å²) in [7, 11) is 0. The van der Waals surface area contributed by atoms with Crippen LogP contribution in [0.2, 0.25) is 0 Å². The first-order valence-electron chi connectivity index (χ1n) is 12.3. The van der Waals surface area contributed by atoms with Gasteiger partial charge in [-0.05, 0) is 94.3 Å². The second-order valence-electron chi connectivity index (χ2n) is 9.80. The lowest BCUT2D eigenvalue weighted by Gasteiger charge is -2.18. The number of rotatable bonds is 5. The predicted molar refractivity (Wildman–Crippen MR) is 138 cm³/mol. The molecule has 4 nitrogen and oxygen atoms in total. The Balaban J connectivity index is 1.25. The molecule has 3 N–H and O–H groups in total. The van der Waals surface area contributed by atoms with E-state index in [1.807, 2.05) is 50.2 Å². The molecule has 0 aliphatic carbocycles. The van der Waals surface area contributed by atoms with Gasteiger partial charge < -0.3 is 15.8 Å². The Hall–Kier alpha value is -3.87. The number of carbonyl (C=O) groups is 1. The summed E-state index contributed by atoms with van der Waals surface area (Å²) in [6, 6.07) is 19.1. The maximum absolute atomic E-state index is 14.4. The largest absolute Gasteiger partial charge is 0.356 e. The zero-order valence-corrected chi connectivity index (χ0v) is 20.6. The van der Waals surface area contributed by atoms with Gasteiger partial charge in [-0.25, -0.2) is 8.78 Å². The van der Waals surface area contributed by atoms with Gasteiger partial charge in [-0.1, -0.05) is 30.3 Å². The van der Waals surface area contributed by atoms with Crippen molar-refractivity contribution in [3.8, 4) is 11.1 Å². The van der Waals surface area contributed by atoms with E-state index in [1.165, 1.54) is 12.1 Å². The van der Waals surface area contributed by atoms with Gasteiger partial charge in [-0.3, -0.25) is 4.79 Å². The zero-order chi connectivity index (χ0) is 25.8. The molecule has 4 aromatic carbocycles. The number of carbonyl (C=O) groups excluding carboxylic acids is 1. The van der Waals surface area contributed by atoms with Crippen molar-refractivity contribution in [1.82, 2.24) is 5.32 Å². The summed E-state index contributed by atoms with van der Waals surface area (Å²) in [5.74, 6) is -1.37. The lowest BCUT2D eigenvalue weighted by molar-refractivity contribution is 0.0857. The first kappa shape index (κ1) is 23.5. The van der Waals surface area contributed by atoms with Gasteiger partial charge >= 0.3 is 0 Å². The molecule has 0 spiro atoms. The molecule has 37 heavy (non-hydrogen) atoms. The number of benzene rings is 4. The van der Waals surface area contributed by atoms with Gasteiger partial charge in [0.1, 0.15) is 23.8 Å². The van der Waals surface area contributed by atoms with E-state index < -0.39 is 11.6 Å². The van der Waals surface area contributed by atoms with Crippen molar-refractivity contribution in [2.75, 3.05) is 0 Å². The van der Waals surface area contributed by atoms with Crippen LogP contribution in [0.4, 0.5) is 8.78 Å². The number of nitrogens with two attached hydrogens (primary N) is 1. The topological polar surface area (TPSA) is 64.3 Å². The number of hydrogen-bond acceptors (Lipinski definition) is 3. The van der Waals surface area contributed by atoms with Crippen LogP contribution in [0.3, 0.4) is 0 Å². The highest BCUT2D eigenvalue weighted by atomic mass is 19.1. The molecule has 2 unspecified atom stereocenters. The molecule has 2 atom stereocenters. The van der Waals surface area contributed by atoms with E-state index in [9.17, 15) is 13.6 Å². The SMILES string of the molecule is Cc1cc(CN)cc(C)c1CNC(=O)c1ccc2c(c1)C1OC2c2ccc(-c3ccc(F)cc3F)cc21. The minimum atomic E-state index is -0.609. The van der Waals surface area contributed by atoms with Crippen LogP contribution in [0, 0.1) is 25.5 Å². The zero-order valence-electron chi connectivity index (χ0n) is 20.6. The lowest BCUT2D eigenvalue weighted by atomic mass is 9.83. The fourth-order valence-electron chi connectivity index (χ4n) is 5.63. The van der Waals surface area contributed by atoms with E-state index in [1.54, 1.807) is 0 Å². The van der Waals surface area contributed by atoms with Crippen molar-refractivity contribution in [2.45, 2.75) is 39.1 Å². The summed E-state index contributed by atoms with van der Waals surface area (Å²) in [5.41, 5.74) is 15.7. The quantitative estimate of drug-likeness (QED) is 0.348. The van der Waals surface area contributed by atoms with Crippen molar-refractivity contribution in [3.63, 3.8) is 0 Å². The Kier molecular flexibility index (Phi) is 5.66. The third kappa shape index (κ3) is 3.93. The summed E-state index contributed by atoms with van der Waals surface area (Å²) in [6.07, 6.45) is -0.551. The first-order chi connectivity index (χ1) is 17.8. The van der Waals surface area contributed by atoms with Gasteiger partial charge in [0.25, 0.3) is 5.91 Å². The van der Waals surface area contributed by atoms with Crippen molar-refractivity contribution in [1.29, 1.82) is 0 Å². The molecule has 186 valence electrons. The van der Waals surface area contributed by atoms with Gasteiger partial charge in [0, 0.05) is 30.3 Å². The fourth-order valence-corrected chi connectivity index (χ4v) is 5.63. The number of halogens is 2. The van der Waals surface area contributed by atoms with Crippen molar-refractivity contribution in [3.05, 3.63) is 128 Å². The van der Waals surface area contributed by atoms with Crippen LogP contribution in [0.25, 0.3) is 11.1 Å². The number of fused-ring (bicyclic) bond motifs is 8. The molecule has 1 amide bonds. The average molecular weight is 497 g/mol. The molecule has 0 saturated carbocycles. The minimum Gasteiger partial charge on any atom is -0.356 e. The van der Waals surface area contributed by atoms with Crippen molar-refractivity contribution < 1.29 is 18.3 Å². The molecule has 6 rings (SSSR count). The monoisotopic (exact) mass is 496 g/mol. The summed E-state index contributed by atoms with van der Waals surface area (Å²) in [4.78, 5) is 13.1. The molecule has 6 heteroatoms. The highest BCUT2D eigenvalue weighted by Crippen LogP contribution is 2.54. The molecule has 0 fully saturated rings. The maximum Gasteiger partial charge on any atom is 0.251 e. The Bertz CT molecular complexity index is 1560. The standard InChI is InChI=1S/C31H26F2N2O2/c1-16-9-18(14-34)10-17(2)27(16)15-35-31(36)20-4-7-24-26(12-20)30-25-11-19(3-6-23(25)29(24)37-30)22-8-5-21(32)13-28(22)33/h3-13,29-30H,14-15,34H2,1-2H3,(H,35,36). The number of ether oxygens (including phenoxy) is 1. The van der Waals surface area contributed by atoms with Gasteiger partial charge in [-0.2, -0.15) is 0 Å². The lowest BCUT2D eigenvalue weighted by Crippen LogP contribution is -2.24. The molecule has 4 aromatic rings. The summed E-state index contributed by atoms with van der Waals surface area (Å²) < 4.78 is 34.1. The second kappa shape index (κ2) is 8.91. The van der Waals surface area contributed by atoms with Gasteiger partial charge in [-0.15, -0.1) is 0 Å². The van der Waals surface area contributed by atoms with Gasteiger partial charge in [0.15, 0.2) is 0 Å². The predicted octanol–water partition coefficient (Wildman–Crippen LogP) is 6.16. The molecule has 2 heterocycles. The molecule has 2 aliphatic heterocycles. The van der Waals surface area contributed by atoms with Crippen LogP contribution in [0.5, 0.6) is 0 Å². The third-order valence-corrected chi connectivity index (χ3v) is 7.50. The number of nitrogens with one attached hydrogen (secondary N) is 1. The van der Waals surface area contributed by atoms with Gasteiger partial charge in [0.2, 0.25) is 0 Å². The minimum absolute atomic E-state index is 0.158. The second-order valence-corrected chi connectivity index (χ2v) is 9.80. The normalized spacial score (nSPS) is 17.0. The van der Waals surface area contributed by atoms with Crippen LogP contribution >= 0.6 is 0 Å². The van der Waals surface area contributed by atoms with Gasteiger partial charge in [0.05, 0.1) is 0 Å². The third-order valence-electron chi connectivity index (χ3n) is 7.50. The summed E-state index contributed by atoms with van der Waals surface area (Å²) in [5, 5.41) is 3.05. The Morgan fingerprint density at radius 3 is 2.24 bits per heavy atom. The van der Waals surface area contributed by atoms with E-state index in [-0.39, 0.29) is 18.1 Å². The Morgan fingerprint density at radius 2 is 1.54 bits per heavy atom. The van der Waals surface area contributed by atoms with E-state index in [2.05, 4.69) is 17.4 Å². The van der Waals surface area contributed by atoms with Crippen LogP contribution in [-0.4, -0.2) is 5.91 Å². The molecule has 0 aromatic heterocycles. The number of aryl methyl sites for hydroxylation is 2. The smallest absolute Gasteiger partial charge is 0.251 e. The van der Waals surface area contributed by atoms with E-state index in [4.69, 9.17) is 10.5 Å². The molecular weight excluding hydrogens is 470 g/mol. The maximum atomic E-state index is 14.4. The molecule has 2 bridgehead atoms. The molecular formula is C31H26F2N2O2.